The summed E-state index contributed by atoms with van der Waals surface area (Å²) in [7, 11) is 0. The Bertz CT molecular complexity index is 724. The summed E-state index contributed by atoms with van der Waals surface area (Å²) in [5.74, 6) is 0. The van der Waals surface area contributed by atoms with Gasteiger partial charge < -0.3 is 0 Å². The molecule has 20 heavy (non-hydrogen) atoms. The molecule has 1 aliphatic rings. The standard InChI is InChI=1S/C12H8.C8H8/c1-3-9-4-2-6-11-8-7-10(5-1)12(9)11;1-2-8-6-4-3-5-7-8/h1-8H;2-7H,1H2. The van der Waals surface area contributed by atoms with Crippen LogP contribution < -0.4 is 0 Å². The number of hydrogen-bond acceptors (Lipinski definition) is 0. The maximum absolute atomic E-state index is 3.63. The van der Waals surface area contributed by atoms with Gasteiger partial charge in [-0.25, -0.2) is 0 Å². The Kier molecular flexibility index (Phi) is 3.47. The normalized spacial score (nSPS) is 11.0. The maximum Gasteiger partial charge on any atom is -0.00389 e. The second-order valence-electron chi connectivity index (χ2n) is 4.74. The van der Waals surface area contributed by atoms with Crippen LogP contribution in [0.1, 0.15) is 16.7 Å². The predicted octanol–water partition coefficient (Wildman–Crippen LogP) is 5.65. The molecule has 0 N–H and O–H groups in total. The zero-order valence-corrected chi connectivity index (χ0v) is 11.3. The van der Waals surface area contributed by atoms with Crippen molar-refractivity contribution in [1.29, 1.82) is 0 Å². The molecule has 0 radical (unpaired) electrons. The van der Waals surface area contributed by atoms with Gasteiger partial charge in [0.25, 0.3) is 0 Å². The molecule has 0 heteroatoms. The van der Waals surface area contributed by atoms with E-state index in [1.54, 1.807) is 0 Å². The van der Waals surface area contributed by atoms with E-state index in [-0.39, 0.29) is 0 Å². The van der Waals surface area contributed by atoms with Crippen LogP contribution in [-0.2, 0) is 0 Å². The molecule has 0 amide bonds. The highest BCUT2D eigenvalue weighted by Crippen LogP contribution is 2.30. The van der Waals surface area contributed by atoms with Gasteiger partial charge in [0.2, 0.25) is 0 Å². The Balaban J connectivity index is 0.000000133. The molecular weight excluding hydrogens is 240 g/mol. The number of rotatable bonds is 1. The summed E-state index contributed by atoms with van der Waals surface area (Å²) in [5, 5.41) is 2.75. The molecule has 0 bridgehead atoms. The number of benzene rings is 3. The molecule has 1 aliphatic carbocycles. The molecule has 3 aromatic rings. The van der Waals surface area contributed by atoms with Crippen LogP contribution in [0.15, 0.2) is 73.3 Å². The van der Waals surface area contributed by atoms with Crippen molar-refractivity contribution in [2.24, 2.45) is 0 Å². The molecule has 0 heterocycles. The van der Waals surface area contributed by atoms with Gasteiger partial charge in [-0.2, -0.15) is 0 Å². The first-order chi connectivity index (χ1) is 9.88. The second kappa shape index (κ2) is 5.58. The van der Waals surface area contributed by atoms with Crippen LogP contribution in [0.4, 0.5) is 0 Å². The van der Waals surface area contributed by atoms with Gasteiger partial charge in [-0.05, 0) is 27.5 Å². The van der Waals surface area contributed by atoms with Gasteiger partial charge in [0.15, 0.2) is 0 Å². The largest absolute Gasteiger partial charge is 0.0985 e. The van der Waals surface area contributed by atoms with Crippen LogP contribution >= 0.6 is 0 Å². The van der Waals surface area contributed by atoms with Crippen LogP contribution in [0.3, 0.4) is 0 Å². The van der Waals surface area contributed by atoms with E-state index >= 15 is 0 Å². The van der Waals surface area contributed by atoms with Gasteiger partial charge in [0.1, 0.15) is 0 Å². The first-order valence-corrected chi connectivity index (χ1v) is 6.76. The summed E-state index contributed by atoms with van der Waals surface area (Å²) < 4.78 is 0. The lowest BCUT2D eigenvalue weighted by Gasteiger charge is -1.99. The molecule has 4 rings (SSSR count). The van der Waals surface area contributed by atoms with Crippen molar-refractivity contribution in [3.63, 3.8) is 0 Å². The minimum atomic E-state index is 1.17. The van der Waals surface area contributed by atoms with E-state index < -0.39 is 0 Å². The average molecular weight is 256 g/mol. The second-order valence-corrected chi connectivity index (χ2v) is 4.74. The molecule has 0 nitrogen and oxygen atoms in total. The zero-order valence-electron chi connectivity index (χ0n) is 11.3. The maximum atomic E-state index is 3.63. The average Bonchev–Trinajstić information content (AvgIpc) is 2.95. The SMILES string of the molecule is C1=Cc2cccc3cccc1c23.C=Cc1ccccc1. The fourth-order valence-corrected chi connectivity index (χ4v) is 2.45. The topological polar surface area (TPSA) is 0 Å². The Morgan fingerprint density at radius 3 is 1.75 bits per heavy atom. The summed E-state index contributed by atoms with van der Waals surface area (Å²) >= 11 is 0. The van der Waals surface area contributed by atoms with E-state index in [2.05, 4.69) is 55.1 Å². The van der Waals surface area contributed by atoms with Crippen LogP contribution in [-0.4, -0.2) is 0 Å². The Morgan fingerprint density at radius 1 is 0.650 bits per heavy atom. The van der Waals surface area contributed by atoms with Gasteiger partial charge in [-0.15, -0.1) is 0 Å². The summed E-state index contributed by atoms with van der Waals surface area (Å²) in [5.41, 5.74) is 3.87. The van der Waals surface area contributed by atoms with Gasteiger partial charge in [-0.1, -0.05) is 91.5 Å². The molecule has 0 fully saturated rings. The monoisotopic (exact) mass is 256 g/mol. The minimum Gasteiger partial charge on any atom is -0.0985 e. The Labute approximate surface area is 119 Å². The smallest absolute Gasteiger partial charge is 0.00389 e. The van der Waals surface area contributed by atoms with E-state index in [1.807, 2.05) is 36.4 Å². The molecular formula is C20H16. The lowest BCUT2D eigenvalue weighted by Crippen LogP contribution is -1.76. The zero-order chi connectivity index (χ0) is 13.8. The van der Waals surface area contributed by atoms with Crippen molar-refractivity contribution in [3.8, 4) is 0 Å². The van der Waals surface area contributed by atoms with Crippen molar-refractivity contribution >= 4 is 29.0 Å². The first kappa shape index (κ1) is 12.4. The fraction of sp³-hybridized carbons (Fsp3) is 0. The molecule has 0 aliphatic heterocycles. The van der Waals surface area contributed by atoms with E-state index in [1.165, 1.54) is 27.5 Å². The van der Waals surface area contributed by atoms with Crippen LogP contribution in [0.25, 0.3) is 29.0 Å². The molecule has 0 aromatic heterocycles. The van der Waals surface area contributed by atoms with Crippen LogP contribution in [0.2, 0.25) is 0 Å². The molecule has 0 saturated carbocycles. The van der Waals surface area contributed by atoms with Crippen molar-refractivity contribution in [2.45, 2.75) is 0 Å². The third-order valence-corrected chi connectivity index (χ3v) is 3.45. The van der Waals surface area contributed by atoms with Gasteiger partial charge in [0.05, 0.1) is 0 Å². The minimum absolute atomic E-state index is 1.17. The number of hydrogen-bond donors (Lipinski definition) is 0. The molecule has 96 valence electrons. The summed E-state index contributed by atoms with van der Waals surface area (Å²) in [6.45, 7) is 3.63. The molecule has 0 saturated heterocycles. The lowest BCUT2D eigenvalue weighted by atomic mass is 10.0. The highest BCUT2D eigenvalue weighted by atomic mass is 14.1. The first-order valence-electron chi connectivity index (χ1n) is 6.76. The van der Waals surface area contributed by atoms with Gasteiger partial charge in [-0.3, -0.25) is 0 Å². The van der Waals surface area contributed by atoms with Crippen LogP contribution in [0, 0.1) is 0 Å². The predicted molar refractivity (Wildman–Crippen MR) is 89.4 cm³/mol. The van der Waals surface area contributed by atoms with Gasteiger partial charge in [0, 0.05) is 0 Å². The fourth-order valence-electron chi connectivity index (χ4n) is 2.45. The molecule has 0 spiro atoms. The quantitative estimate of drug-likeness (QED) is 0.412. The highest BCUT2D eigenvalue weighted by Gasteiger charge is 2.06. The van der Waals surface area contributed by atoms with E-state index in [9.17, 15) is 0 Å². The third-order valence-electron chi connectivity index (χ3n) is 3.45. The lowest BCUT2D eigenvalue weighted by molar-refractivity contribution is 1.67. The van der Waals surface area contributed by atoms with Crippen LogP contribution in [0.5, 0.6) is 0 Å². The van der Waals surface area contributed by atoms with E-state index in [4.69, 9.17) is 0 Å². The van der Waals surface area contributed by atoms with Gasteiger partial charge >= 0.3 is 0 Å². The third kappa shape index (κ3) is 2.41. The van der Waals surface area contributed by atoms with E-state index in [0.29, 0.717) is 0 Å². The van der Waals surface area contributed by atoms with Crippen molar-refractivity contribution in [2.75, 3.05) is 0 Å². The van der Waals surface area contributed by atoms with Crippen molar-refractivity contribution in [3.05, 3.63) is 90.0 Å². The Morgan fingerprint density at radius 2 is 1.25 bits per heavy atom. The molecule has 0 atom stereocenters. The summed E-state index contributed by atoms with van der Waals surface area (Å²) in [6, 6.07) is 22.9. The van der Waals surface area contributed by atoms with E-state index in [0.717, 1.165) is 0 Å². The highest BCUT2D eigenvalue weighted by molar-refractivity contribution is 6.04. The van der Waals surface area contributed by atoms with Crippen molar-refractivity contribution < 1.29 is 0 Å². The van der Waals surface area contributed by atoms with Crippen molar-refractivity contribution in [1.82, 2.24) is 0 Å². The molecule has 0 unspecified atom stereocenters. The Hall–Kier alpha value is -2.60. The molecule has 3 aromatic carbocycles. The summed E-state index contributed by atoms with van der Waals surface area (Å²) in [4.78, 5) is 0. The summed E-state index contributed by atoms with van der Waals surface area (Å²) in [6.07, 6.45) is 6.19.